The lowest BCUT2D eigenvalue weighted by molar-refractivity contribution is -0.140. The summed E-state index contributed by atoms with van der Waals surface area (Å²) in [6.45, 7) is 2.33. The first kappa shape index (κ1) is 13.7. The Morgan fingerprint density at radius 3 is 2.47 bits per heavy atom. The van der Waals surface area contributed by atoms with Gasteiger partial charge in [-0.3, -0.25) is 4.79 Å². The van der Waals surface area contributed by atoms with E-state index in [4.69, 9.17) is 10.5 Å². The molecule has 96 valence electrons. The van der Waals surface area contributed by atoms with E-state index in [1.54, 1.807) is 0 Å². The molecule has 1 fully saturated rings. The van der Waals surface area contributed by atoms with Crippen molar-refractivity contribution in [2.24, 2.45) is 11.7 Å². The van der Waals surface area contributed by atoms with Gasteiger partial charge in [0.25, 0.3) is 0 Å². The van der Waals surface area contributed by atoms with E-state index in [0.717, 1.165) is 32.1 Å². The van der Waals surface area contributed by atoms with Crippen molar-refractivity contribution in [2.45, 2.75) is 45.4 Å². The molecule has 1 rings (SSSR count). The van der Waals surface area contributed by atoms with Crippen LogP contribution in [0.2, 0.25) is 0 Å². The van der Waals surface area contributed by atoms with Gasteiger partial charge >= 0.3 is 5.97 Å². The van der Waals surface area contributed by atoms with Crippen molar-refractivity contribution < 1.29 is 14.3 Å². The lowest BCUT2D eigenvalue weighted by Gasteiger charge is -2.23. The molecular weight excluding hydrogens is 218 g/mol. The Balaban J connectivity index is 2.72. The molecule has 17 heavy (non-hydrogen) atoms. The second kappa shape index (κ2) is 7.09. The molecule has 0 heterocycles. The number of ether oxygens (including phenoxy) is 1. The van der Waals surface area contributed by atoms with Crippen LogP contribution in [0.3, 0.4) is 0 Å². The summed E-state index contributed by atoms with van der Waals surface area (Å²) in [5.41, 5.74) is 5.61. The van der Waals surface area contributed by atoms with Gasteiger partial charge in [-0.25, -0.2) is 4.79 Å². The molecule has 0 spiro atoms. The van der Waals surface area contributed by atoms with Crippen LogP contribution in [0, 0.1) is 5.92 Å². The zero-order chi connectivity index (χ0) is 12.7. The second-order valence-corrected chi connectivity index (χ2v) is 4.47. The van der Waals surface area contributed by atoms with Crippen LogP contribution in [0.25, 0.3) is 0 Å². The molecular formula is C13H21NO3. The monoisotopic (exact) mass is 239 g/mol. The molecule has 4 heteroatoms. The fourth-order valence-corrected chi connectivity index (χ4v) is 2.19. The number of hydrogen-bond donors (Lipinski definition) is 1. The van der Waals surface area contributed by atoms with Gasteiger partial charge in [0.05, 0.1) is 6.61 Å². The second-order valence-electron chi connectivity index (χ2n) is 4.47. The van der Waals surface area contributed by atoms with Crippen LogP contribution >= 0.6 is 0 Å². The van der Waals surface area contributed by atoms with Crippen molar-refractivity contribution in [3.63, 3.8) is 0 Å². The third-order valence-electron chi connectivity index (χ3n) is 3.02. The SMILES string of the molecule is CCCOC(=O)/C(=C\C(N)=O)C1CCCCC1. The van der Waals surface area contributed by atoms with Gasteiger partial charge in [-0.15, -0.1) is 0 Å². The third kappa shape index (κ3) is 4.59. The summed E-state index contributed by atoms with van der Waals surface area (Å²) >= 11 is 0. The minimum atomic E-state index is -0.570. The molecule has 1 amide bonds. The molecule has 1 saturated carbocycles. The number of primary amides is 1. The summed E-state index contributed by atoms with van der Waals surface area (Å²) in [5, 5.41) is 0. The largest absolute Gasteiger partial charge is 0.462 e. The third-order valence-corrected chi connectivity index (χ3v) is 3.02. The summed E-state index contributed by atoms with van der Waals surface area (Å²) in [6.07, 6.45) is 7.31. The standard InChI is InChI=1S/C13H21NO3/c1-2-8-17-13(16)11(9-12(14)15)10-6-4-3-5-7-10/h9-10H,2-8H2,1H3,(H2,14,15)/b11-9-. The van der Waals surface area contributed by atoms with E-state index in [2.05, 4.69) is 0 Å². The van der Waals surface area contributed by atoms with E-state index >= 15 is 0 Å². The van der Waals surface area contributed by atoms with Gasteiger partial charge in [-0.2, -0.15) is 0 Å². The quantitative estimate of drug-likeness (QED) is 0.588. The molecule has 0 saturated heterocycles. The number of hydrogen-bond acceptors (Lipinski definition) is 3. The number of esters is 1. The van der Waals surface area contributed by atoms with E-state index < -0.39 is 5.91 Å². The summed E-state index contributed by atoms with van der Waals surface area (Å²) in [6, 6.07) is 0. The first-order chi connectivity index (χ1) is 8.15. The van der Waals surface area contributed by atoms with E-state index in [9.17, 15) is 9.59 Å². The fraction of sp³-hybridized carbons (Fsp3) is 0.692. The van der Waals surface area contributed by atoms with Crippen molar-refractivity contribution in [3.05, 3.63) is 11.6 Å². The van der Waals surface area contributed by atoms with Gasteiger partial charge in [-0.1, -0.05) is 26.2 Å². The highest BCUT2D eigenvalue weighted by Gasteiger charge is 2.24. The van der Waals surface area contributed by atoms with Crippen LogP contribution in [-0.2, 0) is 14.3 Å². The van der Waals surface area contributed by atoms with E-state index in [1.807, 2.05) is 6.92 Å². The highest BCUT2D eigenvalue weighted by atomic mass is 16.5. The zero-order valence-electron chi connectivity index (χ0n) is 10.4. The van der Waals surface area contributed by atoms with Crippen molar-refractivity contribution in [2.75, 3.05) is 6.61 Å². The highest BCUT2D eigenvalue weighted by molar-refractivity contribution is 5.98. The average molecular weight is 239 g/mol. The number of carbonyl (C=O) groups excluding carboxylic acids is 2. The number of nitrogens with two attached hydrogens (primary N) is 1. The Morgan fingerprint density at radius 2 is 1.94 bits per heavy atom. The minimum absolute atomic E-state index is 0.139. The summed E-state index contributed by atoms with van der Waals surface area (Å²) in [5.74, 6) is -0.808. The van der Waals surface area contributed by atoms with Crippen molar-refractivity contribution in [3.8, 4) is 0 Å². The predicted octanol–water partition coefficient (Wildman–Crippen LogP) is 1.93. The zero-order valence-corrected chi connectivity index (χ0v) is 10.4. The normalized spacial score (nSPS) is 17.8. The van der Waals surface area contributed by atoms with Crippen LogP contribution in [0.15, 0.2) is 11.6 Å². The Kier molecular flexibility index (Phi) is 5.73. The van der Waals surface area contributed by atoms with Crippen molar-refractivity contribution in [1.29, 1.82) is 0 Å². The van der Waals surface area contributed by atoms with Gasteiger partial charge in [0, 0.05) is 11.6 Å². The fourth-order valence-electron chi connectivity index (χ4n) is 2.19. The first-order valence-electron chi connectivity index (χ1n) is 6.33. The van der Waals surface area contributed by atoms with Gasteiger partial charge in [0.15, 0.2) is 0 Å². The van der Waals surface area contributed by atoms with Gasteiger partial charge in [-0.05, 0) is 25.2 Å². The number of carbonyl (C=O) groups is 2. The van der Waals surface area contributed by atoms with Crippen molar-refractivity contribution in [1.82, 2.24) is 0 Å². The van der Waals surface area contributed by atoms with E-state index in [0.29, 0.717) is 12.2 Å². The van der Waals surface area contributed by atoms with E-state index in [-0.39, 0.29) is 11.9 Å². The van der Waals surface area contributed by atoms with Crippen LogP contribution in [0.5, 0.6) is 0 Å². The maximum absolute atomic E-state index is 11.8. The molecule has 0 atom stereocenters. The molecule has 0 radical (unpaired) electrons. The number of rotatable bonds is 5. The highest BCUT2D eigenvalue weighted by Crippen LogP contribution is 2.30. The molecule has 2 N–H and O–H groups in total. The molecule has 0 aromatic heterocycles. The molecule has 1 aliphatic rings. The lowest BCUT2D eigenvalue weighted by atomic mass is 9.83. The van der Waals surface area contributed by atoms with Crippen LogP contribution in [-0.4, -0.2) is 18.5 Å². The van der Waals surface area contributed by atoms with Gasteiger partial charge in [0.2, 0.25) is 5.91 Å². The molecule has 0 aliphatic heterocycles. The maximum Gasteiger partial charge on any atom is 0.334 e. The first-order valence-corrected chi connectivity index (χ1v) is 6.33. The molecule has 0 unspecified atom stereocenters. The Labute approximate surface area is 102 Å². The summed E-state index contributed by atoms with van der Waals surface area (Å²) in [7, 11) is 0. The average Bonchev–Trinajstić information content (AvgIpc) is 2.34. The van der Waals surface area contributed by atoms with Gasteiger partial charge < -0.3 is 10.5 Å². The molecule has 4 nitrogen and oxygen atoms in total. The summed E-state index contributed by atoms with van der Waals surface area (Å²) < 4.78 is 5.09. The summed E-state index contributed by atoms with van der Waals surface area (Å²) in [4.78, 5) is 22.8. The lowest BCUT2D eigenvalue weighted by Crippen LogP contribution is -2.21. The smallest absolute Gasteiger partial charge is 0.334 e. The predicted molar refractivity (Wildman–Crippen MR) is 65.1 cm³/mol. The van der Waals surface area contributed by atoms with E-state index in [1.165, 1.54) is 12.5 Å². The molecule has 0 aromatic carbocycles. The Bertz CT molecular complexity index is 304. The van der Waals surface area contributed by atoms with Crippen LogP contribution in [0.1, 0.15) is 45.4 Å². The van der Waals surface area contributed by atoms with Crippen molar-refractivity contribution >= 4 is 11.9 Å². The topological polar surface area (TPSA) is 69.4 Å². The van der Waals surface area contributed by atoms with Crippen LogP contribution < -0.4 is 5.73 Å². The molecule has 0 bridgehead atoms. The number of amides is 1. The Hall–Kier alpha value is -1.32. The van der Waals surface area contributed by atoms with Crippen LogP contribution in [0.4, 0.5) is 0 Å². The Morgan fingerprint density at radius 1 is 1.29 bits per heavy atom. The molecule has 1 aliphatic carbocycles. The molecule has 0 aromatic rings. The van der Waals surface area contributed by atoms with Gasteiger partial charge in [0.1, 0.15) is 0 Å². The minimum Gasteiger partial charge on any atom is -0.462 e. The maximum atomic E-state index is 11.8.